The first kappa shape index (κ1) is 14.5. The summed E-state index contributed by atoms with van der Waals surface area (Å²) in [4.78, 5) is 25.6. The summed E-state index contributed by atoms with van der Waals surface area (Å²) in [5.41, 5.74) is 0.202. The summed E-state index contributed by atoms with van der Waals surface area (Å²) in [6.07, 6.45) is 2.92. The third kappa shape index (κ3) is 1.07. The van der Waals surface area contributed by atoms with Crippen molar-refractivity contribution >= 4 is 11.8 Å². The van der Waals surface area contributed by atoms with E-state index in [1.54, 1.807) is 0 Å². The van der Waals surface area contributed by atoms with E-state index >= 15 is 0 Å². The molecule has 3 saturated heterocycles. The molecule has 4 heterocycles. The topological polar surface area (TPSA) is 81.0 Å². The second kappa shape index (κ2) is 3.60. The van der Waals surface area contributed by atoms with Gasteiger partial charge in [0.2, 0.25) is 5.78 Å². The number of esters is 1. The summed E-state index contributed by atoms with van der Waals surface area (Å²) in [7, 11) is 0. The number of cyclic esters (lactones) is 1. The van der Waals surface area contributed by atoms with Gasteiger partial charge >= 0.3 is 5.97 Å². The van der Waals surface area contributed by atoms with Gasteiger partial charge in [0.25, 0.3) is 0 Å². The highest BCUT2D eigenvalue weighted by molar-refractivity contribution is 6.06. The number of hydrogen-bond acceptors (Lipinski definition) is 6. The summed E-state index contributed by atoms with van der Waals surface area (Å²) in [6, 6.07) is 0. The Morgan fingerprint density at radius 3 is 2.69 bits per heavy atom. The van der Waals surface area contributed by atoms with E-state index in [2.05, 4.69) is 13.0 Å². The second-order valence-corrected chi connectivity index (χ2v) is 9.31. The molecule has 0 bridgehead atoms. The van der Waals surface area contributed by atoms with E-state index in [-0.39, 0.29) is 41.4 Å². The van der Waals surface area contributed by atoms with Gasteiger partial charge in [-0.1, -0.05) is 20.8 Å². The van der Waals surface area contributed by atoms with Gasteiger partial charge in [0.15, 0.2) is 11.2 Å². The predicted octanol–water partition coefficient (Wildman–Crippen LogP) is 1.23. The van der Waals surface area contributed by atoms with E-state index < -0.39 is 16.8 Å². The SMILES string of the molecule is CC(C)[C@]12O[C@H]1[C@@H]1O[C@@]13[C@@]1(C)CCC4=C(COC4=O)C1=C[C@@H]1O[C@@]13C2=O. The van der Waals surface area contributed by atoms with Crippen LogP contribution in [-0.2, 0) is 28.5 Å². The average molecular weight is 356 g/mol. The van der Waals surface area contributed by atoms with Crippen molar-refractivity contribution in [3.8, 4) is 0 Å². The minimum absolute atomic E-state index is 0.0683. The zero-order chi connectivity index (χ0) is 17.9. The van der Waals surface area contributed by atoms with Crippen molar-refractivity contribution < 1.29 is 28.5 Å². The van der Waals surface area contributed by atoms with Gasteiger partial charge in [-0.15, -0.1) is 0 Å². The Morgan fingerprint density at radius 2 is 1.92 bits per heavy atom. The zero-order valence-corrected chi connectivity index (χ0v) is 15.0. The Balaban J connectivity index is 1.44. The van der Waals surface area contributed by atoms with Crippen LogP contribution >= 0.6 is 0 Å². The fraction of sp³-hybridized carbons (Fsp3) is 0.700. The lowest BCUT2D eigenvalue weighted by Gasteiger charge is -2.47. The number of ketones is 1. The van der Waals surface area contributed by atoms with Crippen LogP contribution in [0.4, 0.5) is 0 Å². The first-order valence-corrected chi connectivity index (χ1v) is 9.55. The van der Waals surface area contributed by atoms with Crippen molar-refractivity contribution in [1.29, 1.82) is 0 Å². The fourth-order valence-corrected chi connectivity index (χ4v) is 6.82. The number of epoxide rings is 3. The maximum Gasteiger partial charge on any atom is 0.334 e. The van der Waals surface area contributed by atoms with Gasteiger partial charge < -0.3 is 18.9 Å². The molecule has 7 aliphatic rings. The van der Waals surface area contributed by atoms with E-state index in [0.717, 1.165) is 23.1 Å². The molecule has 6 nitrogen and oxygen atoms in total. The van der Waals surface area contributed by atoms with Crippen LogP contribution in [0.5, 0.6) is 0 Å². The monoisotopic (exact) mass is 356 g/mol. The number of carbonyl (C=O) groups excluding carboxylic acids is 2. The molecule has 3 aliphatic carbocycles. The first-order valence-electron chi connectivity index (χ1n) is 9.55. The van der Waals surface area contributed by atoms with E-state index in [0.29, 0.717) is 13.0 Å². The predicted molar refractivity (Wildman–Crippen MR) is 86.1 cm³/mol. The molecule has 0 radical (unpaired) electrons. The number of hydrogen-bond donors (Lipinski definition) is 0. The van der Waals surface area contributed by atoms with Gasteiger partial charge in [-0.2, -0.15) is 0 Å². The quantitative estimate of drug-likeness (QED) is 0.519. The number of ether oxygens (including phenoxy) is 4. The molecule has 0 amide bonds. The van der Waals surface area contributed by atoms with Crippen molar-refractivity contribution in [2.24, 2.45) is 11.3 Å². The molecule has 0 N–H and O–H groups in total. The average Bonchev–Trinajstić information content (AvgIpc) is 3.47. The maximum atomic E-state index is 13.6. The van der Waals surface area contributed by atoms with Crippen LogP contribution in [0.15, 0.2) is 22.8 Å². The molecule has 4 fully saturated rings. The van der Waals surface area contributed by atoms with Crippen molar-refractivity contribution in [3.63, 3.8) is 0 Å². The molecule has 6 heteroatoms. The summed E-state index contributed by atoms with van der Waals surface area (Å²) >= 11 is 0. The third-order valence-corrected chi connectivity index (χ3v) is 8.27. The lowest BCUT2D eigenvalue weighted by atomic mass is 9.50. The van der Waals surface area contributed by atoms with Gasteiger partial charge in [0.05, 0.1) is 0 Å². The Hall–Kier alpha value is -1.50. The zero-order valence-electron chi connectivity index (χ0n) is 15.0. The molecule has 1 saturated carbocycles. The number of carbonyl (C=O) groups is 2. The van der Waals surface area contributed by atoms with Crippen LogP contribution in [0.25, 0.3) is 0 Å². The van der Waals surface area contributed by atoms with Gasteiger partial charge in [-0.3, -0.25) is 4.79 Å². The standard InChI is InChI=1S/C20H20O6/c1-8(2)18-13(25-18)14-20(26-14)17(3)5-4-9-10(7-23-15(9)21)11(17)6-12-19(20,24-12)16(18)22/h6,8,12-14H,4-5,7H2,1-3H3/t12-,13-,14-,17-,18-,19+,20+/m0/s1. The lowest BCUT2D eigenvalue weighted by Crippen LogP contribution is -2.65. The van der Waals surface area contributed by atoms with Crippen LogP contribution in [0.3, 0.4) is 0 Å². The summed E-state index contributed by atoms with van der Waals surface area (Å²) < 4.78 is 23.9. The highest BCUT2D eigenvalue weighted by Crippen LogP contribution is 2.80. The highest BCUT2D eigenvalue weighted by atomic mass is 16.7. The molecule has 0 aromatic rings. The highest BCUT2D eigenvalue weighted by Gasteiger charge is 3.00. The van der Waals surface area contributed by atoms with Gasteiger partial charge in [-0.25, -0.2) is 4.79 Å². The molecular formula is C20H20O6. The normalized spacial score (nSPS) is 57.2. The van der Waals surface area contributed by atoms with E-state index in [9.17, 15) is 9.59 Å². The fourth-order valence-electron chi connectivity index (χ4n) is 6.82. The molecule has 7 atom stereocenters. The number of rotatable bonds is 1. The van der Waals surface area contributed by atoms with Crippen molar-refractivity contribution in [2.45, 2.75) is 68.7 Å². The molecule has 2 spiro atoms. The smallest absolute Gasteiger partial charge is 0.334 e. The van der Waals surface area contributed by atoms with Crippen LogP contribution in [0.1, 0.15) is 33.6 Å². The third-order valence-electron chi connectivity index (χ3n) is 8.27. The van der Waals surface area contributed by atoms with Crippen LogP contribution in [0, 0.1) is 11.3 Å². The van der Waals surface area contributed by atoms with Crippen LogP contribution in [0.2, 0.25) is 0 Å². The van der Waals surface area contributed by atoms with Gasteiger partial charge in [0.1, 0.15) is 30.5 Å². The largest absolute Gasteiger partial charge is 0.457 e. The number of fused-ring (bicyclic) bond motifs is 4. The van der Waals surface area contributed by atoms with Gasteiger partial charge in [-0.05, 0) is 30.4 Å². The van der Waals surface area contributed by atoms with Gasteiger partial charge in [0, 0.05) is 16.6 Å². The summed E-state index contributed by atoms with van der Waals surface area (Å²) in [6.45, 7) is 6.56. The molecule has 26 heavy (non-hydrogen) atoms. The minimum atomic E-state index is -0.908. The molecule has 4 aliphatic heterocycles. The minimum Gasteiger partial charge on any atom is -0.457 e. The van der Waals surface area contributed by atoms with Crippen molar-refractivity contribution in [2.75, 3.05) is 6.61 Å². The maximum absolute atomic E-state index is 13.6. The molecule has 7 rings (SSSR count). The van der Waals surface area contributed by atoms with E-state index in [1.807, 2.05) is 13.8 Å². The Labute approximate surface area is 150 Å². The Kier molecular flexibility index (Phi) is 2.01. The van der Waals surface area contributed by atoms with Crippen LogP contribution < -0.4 is 0 Å². The second-order valence-electron chi connectivity index (χ2n) is 9.31. The van der Waals surface area contributed by atoms with Crippen molar-refractivity contribution in [1.82, 2.24) is 0 Å². The molecule has 0 unspecified atom stereocenters. The first-order chi connectivity index (χ1) is 12.3. The van der Waals surface area contributed by atoms with E-state index in [1.165, 1.54) is 0 Å². The lowest BCUT2D eigenvalue weighted by molar-refractivity contribution is -0.137. The molecule has 136 valence electrons. The number of Topliss-reactive ketones (excluding diaryl/α,β-unsaturated/α-hetero) is 1. The summed E-state index contributed by atoms with van der Waals surface area (Å²) in [5, 5.41) is 0. The van der Waals surface area contributed by atoms with Crippen molar-refractivity contribution in [3.05, 3.63) is 22.8 Å². The van der Waals surface area contributed by atoms with Crippen LogP contribution in [-0.4, -0.2) is 53.5 Å². The molecule has 0 aromatic heterocycles. The Bertz CT molecular complexity index is 915. The molecule has 0 aromatic carbocycles. The van der Waals surface area contributed by atoms with E-state index in [4.69, 9.17) is 18.9 Å². The summed E-state index contributed by atoms with van der Waals surface area (Å²) in [5.74, 6) is -0.0359. The molecular weight excluding hydrogens is 336 g/mol. The Morgan fingerprint density at radius 1 is 1.12 bits per heavy atom.